The Kier molecular flexibility index (Phi) is 3.23. The molecular weight excluding hydrogens is 258 g/mol. The Balaban J connectivity index is 2.14. The van der Waals surface area contributed by atoms with Crippen LogP contribution in [0.15, 0.2) is 30.5 Å². The Labute approximate surface area is 116 Å². The third-order valence-corrected chi connectivity index (χ3v) is 3.50. The molecule has 1 aliphatic rings. The molecule has 3 rings (SSSR count). The van der Waals surface area contributed by atoms with Crippen molar-refractivity contribution < 1.29 is 9.66 Å². The lowest BCUT2D eigenvalue weighted by Gasteiger charge is -2.32. The number of nitrogens with zero attached hydrogens (tertiary/aromatic N) is 3. The third-order valence-electron chi connectivity index (χ3n) is 3.50. The first-order valence-electron chi connectivity index (χ1n) is 6.55. The van der Waals surface area contributed by atoms with Gasteiger partial charge >= 0.3 is 5.69 Å². The lowest BCUT2D eigenvalue weighted by Crippen LogP contribution is -2.41. The Morgan fingerprint density at radius 3 is 3.05 bits per heavy atom. The summed E-state index contributed by atoms with van der Waals surface area (Å²) in [5.41, 5.74) is 1.42. The predicted molar refractivity (Wildman–Crippen MR) is 76.0 cm³/mol. The van der Waals surface area contributed by atoms with Gasteiger partial charge in [-0.2, -0.15) is 0 Å². The van der Waals surface area contributed by atoms with E-state index in [4.69, 9.17) is 4.74 Å². The van der Waals surface area contributed by atoms with E-state index in [2.05, 4.69) is 4.98 Å². The number of anilines is 1. The number of ether oxygens (including phenoxy) is 1. The van der Waals surface area contributed by atoms with Crippen LogP contribution in [0.1, 0.15) is 6.92 Å². The zero-order valence-electron chi connectivity index (χ0n) is 11.2. The number of nitro groups is 1. The fourth-order valence-corrected chi connectivity index (χ4v) is 2.61. The van der Waals surface area contributed by atoms with Gasteiger partial charge in [0.15, 0.2) is 0 Å². The highest BCUT2D eigenvalue weighted by Gasteiger charge is 2.26. The van der Waals surface area contributed by atoms with Crippen LogP contribution < -0.4 is 4.90 Å². The van der Waals surface area contributed by atoms with Crippen LogP contribution in [-0.2, 0) is 4.74 Å². The Morgan fingerprint density at radius 1 is 1.45 bits per heavy atom. The first-order chi connectivity index (χ1) is 9.66. The zero-order valence-corrected chi connectivity index (χ0v) is 11.2. The predicted octanol–water partition coefficient (Wildman–Crippen LogP) is 2.37. The van der Waals surface area contributed by atoms with E-state index in [1.54, 1.807) is 24.4 Å². The van der Waals surface area contributed by atoms with Gasteiger partial charge < -0.3 is 9.64 Å². The first-order valence-corrected chi connectivity index (χ1v) is 6.55. The minimum absolute atomic E-state index is 0.0768. The fraction of sp³-hybridized carbons (Fsp3) is 0.357. The molecule has 20 heavy (non-hydrogen) atoms. The molecule has 6 heteroatoms. The molecule has 0 N–H and O–H groups in total. The van der Waals surface area contributed by atoms with E-state index in [1.807, 2.05) is 17.9 Å². The Hall–Kier alpha value is -2.21. The smallest absolute Gasteiger partial charge is 0.301 e. The van der Waals surface area contributed by atoms with E-state index in [1.165, 1.54) is 0 Å². The van der Waals surface area contributed by atoms with Crippen LogP contribution in [0.25, 0.3) is 10.9 Å². The van der Waals surface area contributed by atoms with Crippen LogP contribution in [0.3, 0.4) is 0 Å². The van der Waals surface area contributed by atoms with Gasteiger partial charge in [-0.25, -0.2) is 0 Å². The number of nitro benzene ring substituents is 1. The van der Waals surface area contributed by atoms with Crippen molar-refractivity contribution in [3.05, 3.63) is 40.6 Å². The summed E-state index contributed by atoms with van der Waals surface area (Å²) >= 11 is 0. The summed E-state index contributed by atoms with van der Waals surface area (Å²) in [6.45, 7) is 3.88. The SMILES string of the molecule is CC1CN(c2ccc3ncccc3c2[N+](=O)[O-])CCO1. The largest absolute Gasteiger partial charge is 0.375 e. The maximum atomic E-state index is 11.5. The molecule has 6 nitrogen and oxygen atoms in total. The molecule has 0 amide bonds. The average molecular weight is 273 g/mol. The summed E-state index contributed by atoms with van der Waals surface area (Å²) in [7, 11) is 0. The minimum atomic E-state index is -0.320. The standard InChI is InChI=1S/C14H15N3O3/c1-10-9-16(7-8-20-10)13-5-4-12-11(3-2-6-15-12)14(13)17(18)19/h2-6,10H,7-9H2,1H3. The Bertz CT molecular complexity index is 659. The van der Waals surface area contributed by atoms with Gasteiger partial charge in [0.25, 0.3) is 0 Å². The molecule has 1 aromatic carbocycles. The van der Waals surface area contributed by atoms with Crippen molar-refractivity contribution in [1.82, 2.24) is 4.98 Å². The second kappa shape index (κ2) is 5.05. The number of benzene rings is 1. The number of rotatable bonds is 2. The highest BCUT2D eigenvalue weighted by Crippen LogP contribution is 2.35. The summed E-state index contributed by atoms with van der Waals surface area (Å²) in [5, 5.41) is 12.1. The number of morpholine rings is 1. The van der Waals surface area contributed by atoms with E-state index in [0.717, 1.165) is 0 Å². The molecule has 104 valence electrons. The molecule has 0 saturated carbocycles. The number of aromatic nitrogens is 1. The molecule has 1 fully saturated rings. The van der Waals surface area contributed by atoms with E-state index >= 15 is 0 Å². The van der Waals surface area contributed by atoms with Gasteiger partial charge in [-0.1, -0.05) is 0 Å². The van der Waals surface area contributed by atoms with Crippen LogP contribution >= 0.6 is 0 Å². The lowest BCUT2D eigenvalue weighted by molar-refractivity contribution is -0.382. The van der Waals surface area contributed by atoms with Crippen molar-refractivity contribution in [2.45, 2.75) is 13.0 Å². The summed E-state index contributed by atoms with van der Waals surface area (Å²) < 4.78 is 5.49. The van der Waals surface area contributed by atoms with Gasteiger partial charge in [0.1, 0.15) is 5.69 Å². The number of fused-ring (bicyclic) bond motifs is 1. The first kappa shape index (κ1) is 12.8. The van der Waals surface area contributed by atoms with Crippen LogP contribution in [0.2, 0.25) is 0 Å². The van der Waals surface area contributed by atoms with Gasteiger partial charge in [0.05, 0.1) is 28.5 Å². The Morgan fingerprint density at radius 2 is 2.30 bits per heavy atom. The maximum absolute atomic E-state index is 11.5. The molecule has 0 radical (unpaired) electrons. The monoisotopic (exact) mass is 273 g/mol. The molecule has 0 spiro atoms. The van der Waals surface area contributed by atoms with Crippen molar-refractivity contribution in [3.8, 4) is 0 Å². The summed E-state index contributed by atoms with van der Waals surface area (Å²) in [4.78, 5) is 17.4. The minimum Gasteiger partial charge on any atom is -0.375 e. The summed E-state index contributed by atoms with van der Waals surface area (Å²) in [5.74, 6) is 0. The topological polar surface area (TPSA) is 68.5 Å². The average Bonchev–Trinajstić information content (AvgIpc) is 2.45. The van der Waals surface area contributed by atoms with Gasteiger partial charge in [-0.05, 0) is 31.2 Å². The molecular formula is C14H15N3O3. The van der Waals surface area contributed by atoms with Crippen molar-refractivity contribution in [1.29, 1.82) is 0 Å². The van der Waals surface area contributed by atoms with Crippen LogP contribution in [0, 0.1) is 10.1 Å². The number of hydrogen-bond donors (Lipinski definition) is 0. The molecule has 1 saturated heterocycles. The highest BCUT2D eigenvalue weighted by atomic mass is 16.6. The van der Waals surface area contributed by atoms with Gasteiger partial charge in [-0.3, -0.25) is 15.1 Å². The molecule has 0 bridgehead atoms. The maximum Gasteiger partial charge on any atom is 0.301 e. The third kappa shape index (κ3) is 2.18. The second-order valence-electron chi connectivity index (χ2n) is 4.89. The normalized spacial score (nSPS) is 19.2. The number of pyridine rings is 1. The molecule has 2 aromatic rings. The lowest BCUT2D eigenvalue weighted by atomic mass is 10.1. The van der Waals surface area contributed by atoms with E-state index < -0.39 is 0 Å². The van der Waals surface area contributed by atoms with Crippen LogP contribution in [0.4, 0.5) is 11.4 Å². The zero-order chi connectivity index (χ0) is 14.1. The van der Waals surface area contributed by atoms with Crippen LogP contribution in [-0.4, -0.2) is 35.7 Å². The van der Waals surface area contributed by atoms with Gasteiger partial charge in [0, 0.05) is 19.3 Å². The molecule has 1 aliphatic heterocycles. The quantitative estimate of drug-likeness (QED) is 0.620. The molecule has 0 aliphatic carbocycles. The van der Waals surface area contributed by atoms with Crippen molar-refractivity contribution >= 4 is 22.3 Å². The van der Waals surface area contributed by atoms with E-state index in [0.29, 0.717) is 36.3 Å². The highest BCUT2D eigenvalue weighted by molar-refractivity contribution is 5.94. The summed E-state index contributed by atoms with van der Waals surface area (Å²) in [6, 6.07) is 7.08. The van der Waals surface area contributed by atoms with Crippen molar-refractivity contribution in [2.24, 2.45) is 0 Å². The molecule has 1 aromatic heterocycles. The van der Waals surface area contributed by atoms with Gasteiger partial charge in [0.2, 0.25) is 0 Å². The second-order valence-corrected chi connectivity index (χ2v) is 4.89. The molecule has 1 unspecified atom stereocenters. The number of hydrogen-bond acceptors (Lipinski definition) is 5. The van der Waals surface area contributed by atoms with E-state index in [-0.39, 0.29) is 16.7 Å². The van der Waals surface area contributed by atoms with Crippen LogP contribution in [0.5, 0.6) is 0 Å². The van der Waals surface area contributed by atoms with E-state index in [9.17, 15) is 10.1 Å². The summed E-state index contributed by atoms with van der Waals surface area (Å²) in [6.07, 6.45) is 1.72. The van der Waals surface area contributed by atoms with Crippen molar-refractivity contribution in [2.75, 3.05) is 24.6 Å². The van der Waals surface area contributed by atoms with Gasteiger partial charge in [-0.15, -0.1) is 0 Å². The van der Waals surface area contributed by atoms with Crippen molar-refractivity contribution in [3.63, 3.8) is 0 Å². The fourth-order valence-electron chi connectivity index (χ4n) is 2.61. The molecule has 2 heterocycles. The molecule has 1 atom stereocenters.